The van der Waals surface area contributed by atoms with Gasteiger partial charge in [0.05, 0.1) is 6.42 Å². The predicted octanol–water partition coefficient (Wildman–Crippen LogP) is -1.70. The number of hydrogen-bond donors (Lipinski definition) is 2. The van der Waals surface area contributed by atoms with Crippen molar-refractivity contribution >= 4 is 23.7 Å². The highest BCUT2D eigenvalue weighted by molar-refractivity contribution is 6.02. The Morgan fingerprint density at radius 2 is 1.81 bits per heavy atom. The molecule has 4 rings (SSSR count). The fraction of sp³-hybridized carbons (Fsp3) is 0.400. The van der Waals surface area contributed by atoms with Crippen LogP contribution in [-0.2, 0) is 9.59 Å². The van der Waals surface area contributed by atoms with Crippen LogP contribution in [0.5, 0.6) is 0 Å². The number of nitrogens with zero attached hydrogens (tertiary/aromatic N) is 7. The number of rotatable bonds is 3. The molecule has 2 saturated heterocycles. The molecule has 0 aromatic carbocycles. The Hall–Kier alpha value is -3.57. The SMILES string of the molecule is O=C1CC(C(=O)N2CCN(c3ccc(-n4cncn4)nn3)CC2)NC(=O)N1. The lowest BCUT2D eigenvalue weighted by Crippen LogP contribution is -2.60. The Kier molecular flexibility index (Phi) is 4.36. The maximum atomic E-state index is 12.5. The van der Waals surface area contributed by atoms with E-state index in [1.165, 1.54) is 11.0 Å². The van der Waals surface area contributed by atoms with Gasteiger partial charge >= 0.3 is 6.03 Å². The number of amides is 4. The van der Waals surface area contributed by atoms with Gasteiger partial charge in [-0.25, -0.2) is 14.5 Å². The lowest BCUT2D eigenvalue weighted by Gasteiger charge is -2.37. The van der Waals surface area contributed by atoms with Gasteiger partial charge in [-0.3, -0.25) is 14.9 Å². The van der Waals surface area contributed by atoms with Crippen LogP contribution in [0, 0.1) is 0 Å². The van der Waals surface area contributed by atoms with Crippen molar-refractivity contribution in [3.63, 3.8) is 0 Å². The Labute approximate surface area is 153 Å². The Balaban J connectivity index is 1.35. The minimum Gasteiger partial charge on any atom is -0.352 e. The average Bonchev–Trinajstić information content (AvgIpc) is 3.22. The van der Waals surface area contributed by atoms with Crippen molar-refractivity contribution in [1.82, 2.24) is 40.5 Å². The standard InChI is InChI=1S/C15H17N9O3/c25-13-7-10(18-15(27)19-13)14(26)23-5-3-22(4-6-23)11-1-2-12(21-20-11)24-9-16-8-17-24/h1-2,8-10H,3-7H2,(H2,18,19,25,27). The third-order valence-electron chi connectivity index (χ3n) is 4.45. The molecule has 2 aliphatic heterocycles. The summed E-state index contributed by atoms with van der Waals surface area (Å²) in [6, 6.07) is 2.20. The molecule has 2 aliphatic rings. The molecule has 27 heavy (non-hydrogen) atoms. The van der Waals surface area contributed by atoms with E-state index in [1.54, 1.807) is 17.3 Å². The first-order valence-corrected chi connectivity index (χ1v) is 8.43. The Bertz CT molecular complexity index is 828. The van der Waals surface area contributed by atoms with Crippen LogP contribution in [0.4, 0.5) is 10.6 Å². The molecule has 0 radical (unpaired) electrons. The highest BCUT2D eigenvalue weighted by Crippen LogP contribution is 2.15. The molecule has 2 aromatic rings. The van der Waals surface area contributed by atoms with Gasteiger partial charge in [-0.1, -0.05) is 0 Å². The van der Waals surface area contributed by atoms with Crippen molar-refractivity contribution in [2.24, 2.45) is 0 Å². The first-order valence-electron chi connectivity index (χ1n) is 8.43. The van der Waals surface area contributed by atoms with Gasteiger partial charge in [0, 0.05) is 26.2 Å². The predicted molar refractivity (Wildman–Crippen MR) is 90.8 cm³/mol. The second-order valence-corrected chi connectivity index (χ2v) is 6.18. The van der Waals surface area contributed by atoms with E-state index in [2.05, 4.69) is 30.9 Å². The van der Waals surface area contributed by atoms with Crippen molar-refractivity contribution in [1.29, 1.82) is 0 Å². The summed E-state index contributed by atoms with van der Waals surface area (Å²) in [5.41, 5.74) is 0. The summed E-state index contributed by atoms with van der Waals surface area (Å²) in [4.78, 5) is 42.9. The molecule has 2 fully saturated rings. The van der Waals surface area contributed by atoms with Crippen LogP contribution < -0.4 is 15.5 Å². The normalized spacial score (nSPS) is 20.2. The third-order valence-corrected chi connectivity index (χ3v) is 4.45. The van der Waals surface area contributed by atoms with Crippen molar-refractivity contribution < 1.29 is 14.4 Å². The van der Waals surface area contributed by atoms with E-state index in [0.29, 0.717) is 37.8 Å². The number of aromatic nitrogens is 5. The zero-order valence-electron chi connectivity index (χ0n) is 14.3. The summed E-state index contributed by atoms with van der Waals surface area (Å²) < 4.78 is 1.52. The second kappa shape index (κ2) is 6.97. The van der Waals surface area contributed by atoms with Gasteiger partial charge in [0.1, 0.15) is 18.7 Å². The first kappa shape index (κ1) is 16.9. The fourth-order valence-corrected chi connectivity index (χ4v) is 3.07. The van der Waals surface area contributed by atoms with Gasteiger partial charge in [-0.15, -0.1) is 10.2 Å². The maximum absolute atomic E-state index is 12.5. The zero-order chi connectivity index (χ0) is 18.8. The second-order valence-electron chi connectivity index (χ2n) is 6.18. The smallest absolute Gasteiger partial charge is 0.322 e. The lowest BCUT2D eigenvalue weighted by atomic mass is 10.1. The molecule has 1 unspecified atom stereocenters. The van der Waals surface area contributed by atoms with Gasteiger partial charge in [0.2, 0.25) is 11.8 Å². The van der Waals surface area contributed by atoms with Crippen LogP contribution in [0.2, 0.25) is 0 Å². The lowest BCUT2D eigenvalue weighted by molar-refractivity contribution is -0.136. The fourth-order valence-electron chi connectivity index (χ4n) is 3.07. The van der Waals surface area contributed by atoms with Crippen molar-refractivity contribution in [3.05, 3.63) is 24.8 Å². The molecule has 0 spiro atoms. The number of piperazine rings is 1. The van der Waals surface area contributed by atoms with E-state index < -0.39 is 18.0 Å². The van der Waals surface area contributed by atoms with Crippen LogP contribution in [0.1, 0.15) is 6.42 Å². The molecule has 12 heteroatoms. The highest BCUT2D eigenvalue weighted by atomic mass is 16.2. The van der Waals surface area contributed by atoms with E-state index in [-0.39, 0.29) is 12.3 Å². The van der Waals surface area contributed by atoms with Gasteiger partial charge in [0.15, 0.2) is 11.6 Å². The van der Waals surface area contributed by atoms with Gasteiger partial charge < -0.3 is 15.1 Å². The van der Waals surface area contributed by atoms with E-state index in [9.17, 15) is 14.4 Å². The first-order chi connectivity index (χ1) is 13.1. The number of hydrogen-bond acceptors (Lipinski definition) is 8. The molecule has 1 atom stereocenters. The number of imide groups is 1. The molecular formula is C15H17N9O3. The molecule has 0 aliphatic carbocycles. The summed E-state index contributed by atoms with van der Waals surface area (Å²) in [5.74, 6) is 0.580. The molecule has 12 nitrogen and oxygen atoms in total. The molecule has 2 N–H and O–H groups in total. The number of nitrogens with one attached hydrogen (secondary N) is 2. The molecule has 0 bridgehead atoms. The quantitative estimate of drug-likeness (QED) is 0.651. The molecule has 4 heterocycles. The topological polar surface area (TPSA) is 138 Å². The maximum Gasteiger partial charge on any atom is 0.322 e. The monoisotopic (exact) mass is 371 g/mol. The number of urea groups is 1. The van der Waals surface area contributed by atoms with E-state index in [1.807, 2.05) is 11.0 Å². The van der Waals surface area contributed by atoms with Crippen LogP contribution in [0.15, 0.2) is 24.8 Å². The molecule has 0 saturated carbocycles. The molecule has 4 amide bonds. The van der Waals surface area contributed by atoms with E-state index in [4.69, 9.17) is 0 Å². The summed E-state index contributed by atoms with van der Waals surface area (Å²) in [7, 11) is 0. The van der Waals surface area contributed by atoms with Crippen LogP contribution in [-0.4, -0.2) is 79.9 Å². The minimum atomic E-state index is -0.806. The number of anilines is 1. The number of carbonyl (C=O) groups is 3. The number of carbonyl (C=O) groups excluding carboxylic acids is 3. The Morgan fingerprint density at radius 1 is 1.07 bits per heavy atom. The van der Waals surface area contributed by atoms with E-state index in [0.717, 1.165) is 0 Å². The van der Waals surface area contributed by atoms with Crippen LogP contribution in [0.25, 0.3) is 5.82 Å². The van der Waals surface area contributed by atoms with Gasteiger partial charge in [-0.05, 0) is 12.1 Å². The van der Waals surface area contributed by atoms with Gasteiger partial charge in [0.25, 0.3) is 0 Å². The van der Waals surface area contributed by atoms with Crippen LogP contribution >= 0.6 is 0 Å². The zero-order valence-corrected chi connectivity index (χ0v) is 14.3. The summed E-state index contributed by atoms with van der Waals surface area (Å²) in [6.45, 7) is 2.10. The van der Waals surface area contributed by atoms with Crippen molar-refractivity contribution in [3.8, 4) is 5.82 Å². The minimum absolute atomic E-state index is 0.0417. The average molecular weight is 371 g/mol. The highest BCUT2D eigenvalue weighted by Gasteiger charge is 2.33. The van der Waals surface area contributed by atoms with Crippen molar-refractivity contribution in [2.75, 3.05) is 31.1 Å². The van der Waals surface area contributed by atoms with Crippen molar-refractivity contribution in [2.45, 2.75) is 12.5 Å². The molecular weight excluding hydrogens is 354 g/mol. The van der Waals surface area contributed by atoms with Crippen LogP contribution in [0.3, 0.4) is 0 Å². The summed E-state index contributed by atoms with van der Waals surface area (Å²) in [6.07, 6.45) is 2.92. The molecule has 140 valence electrons. The molecule has 2 aromatic heterocycles. The Morgan fingerprint density at radius 3 is 2.44 bits per heavy atom. The summed E-state index contributed by atoms with van der Waals surface area (Å²) in [5, 5.41) is 17.0. The summed E-state index contributed by atoms with van der Waals surface area (Å²) >= 11 is 0. The van der Waals surface area contributed by atoms with E-state index >= 15 is 0 Å². The van der Waals surface area contributed by atoms with Gasteiger partial charge in [-0.2, -0.15) is 5.10 Å². The largest absolute Gasteiger partial charge is 0.352 e. The third kappa shape index (κ3) is 3.54.